The minimum Gasteiger partial charge on any atom is -0.337 e. The second-order valence-corrected chi connectivity index (χ2v) is 9.57. The molecule has 2 aromatic heterocycles. The summed E-state index contributed by atoms with van der Waals surface area (Å²) < 4.78 is 41.9. The van der Waals surface area contributed by atoms with E-state index in [-0.39, 0.29) is 11.7 Å². The average molecular weight is 502 g/mol. The van der Waals surface area contributed by atoms with Gasteiger partial charge in [-0.25, -0.2) is 37.9 Å². The zero-order chi connectivity index (χ0) is 24.7. The van der Waals surface area contributed by atoms with E-state index >= 15 is 0 Å². The first kappa shape index (κ1) is 23.2. The van der Waals surface area contributed by atoms with Crippen LogP contribution in [0.25, 0.3) is 10.6 Å². The van der Waals surface area contributed by atoms with Crippen LogP contribution in [0.15, 0.2) is 29.5 Å². The first-order valence-electron chi connectivity index (χ1n) is 11.1. The van der Waals surface area contributed by atoms with E-state index in [2.05, 4.69) is 20.1 Å². The Hall–Kier alpha value is -3.54. The average Bonchev–Trinajstić information content (AvgIpc) is 3.44. The highest BCUT2D eigenvalue weighted by atomic mass is 32.1. The predicted molar refractivity (Wildman–Crippen MR) is 126 cm³/mol. The third-order valence-corrected chi connectivity index (χ3v) is 7.06. The Morgan fingerprint density at radius 2 is 1.74 bits per heavy atom. The van der Waals surface area contributed by atoms with Crippen molar-refractivity contribution < 1.29 is 18.0 Å². The molecule has 0 spiro atoms. The van der Waals surface area contributed by atoms with Crippen LogP contribution in [0.2, 0.25) is 0 Å². The van der Waals surface area contributed by atoms with Crippen molar-refractivity contribution >= 4 is 29.5 Å². The Balaban J connectivity index is 1.28. The molecule has 12 heteroatoms. The molecule has 5 rings (SSSR count). The Bertz CT molecular complexity index is 1290. The molecule has 1 atom stereocenters. The van der Waals surface area contributed by atoms with Crippen LogP contribution in [0.3, 0.4) is 0 Å². The number of benzene rings is 1. The van der Waals surface area contributed by atoms with E-state index < -0.39 is 23.5 Å². The lowest BCUT2D eigenvalue weighted by Crippen LogP contribution is -2.52. The smallest absolute Gasteiger partial charge is 0.337 e. The zero-order valence-electron chi connectivity index (χ0n) is 19.1. The number of thiazole rings is 1. The Kier molecular flexibility index (Phi) is 6.13. The molecule has 2 aliphatic heterocycles. The molecule has 0 radical (unpaired) electrons. The van der Waals surface area contributed by atoms with Gasteiger partial charge in [0.05, 0.1) is 27.8 Å². The highest BCUT2D eigenvalue weighted by Gasteiger charge is 2.34. The number of hydrazone groups is 1. The van der Waals surface area contributed by atoms with E-state index in [1.165, 1.54) is 28.5 Å². The highest BCUT2D eigenvalue weighted by molar-refractivity contribution is 7.15. The van der Waals surface area contributed by atoms with Crippen molar-refractivity contribution in [3.05, 3.63) is 58.1 Å². The highest BCUT2D eigenvalue weighted by Crippen LogP contribution is 2.32. The summed E-state index contributed by atoms with van der Waals surface area (Å²) in [6, 6.07) is 2.32. The number of aryl methyl sites for hydroxylation is 2. The van der Waals surface area contributed by atoms with Gasteiger partial charge in [0.25, 0.3) is 0 Å². The van der Waals surface area contributed by atoms with Gasteiger partial charge in [-0.05, 0) is 31.5 Å². The lowest BCUT2D eigenvalue weighted by molar-refractivity contribution is 0.139. The Morgan fingerprint density at radius 1 is 1.03 bits per heavy atom. The summed E-state index contributed by atoms with van der Waals surface area (Å²) >= 11 is 1.38. The predicted octanol–water partition coefficient (Wildman–Crippen LogP) is 4.31. The molecule has 2 aliphatic rings. The summed E-state index contributed by atoms with van der Waals surface area (Å²) in [5, 5.41) is 6.25. The summed E-state index contributed by atoms with van der Waals surface area (Å²) in [6.45, 7) is 5.28. The van der Waals surface area contributed by atoms with Gasteiger partial charge >= 0.3 is 6.03 Å². The lowest BCUT2D eigenvalue weighted by atomic mass is 10.0. The van der Waals surface area contributed by atoms with Crippen molar-refractivity contribution in [2.24, 2.45) is 5.10 Å². The van der Waals surface area contributed by atoms with Crippen LogP contribution in [0.5, 0.6) is 0 Å². The van der Waals surface area contributed by atoms with Gasteiger partial charge in [0.15, 0.2) is 5.82 Å². The molecule has 0 saturated carbocycles. The molecule has 4 heterocycles. The van der Waals surface area contributed by atoms with Gasteiger partial charge in [0, 0.05) is 44.9 Å². The number of hydrogen-bond donors (Lipinski definition) is 0. The third-order valence-electron chi connectivity index (χ3n) is 5.98. The molecule has 1 aromatic carbocycles. The standard InChI is InChI=1S/C23H22F3N7OS/c1-13-21(35-14(2)29-13)20-18(26)12-27-22(30-20)31-5-7-32(8-6-31)23(34)33-19(3-4-28-33)15-9-16(24)11-17(25)10-15/h4,9-12,19H,3,5-8H2,1-2H3. The maximum atomic E-state index is 14.5. The van der Waals surface area contributed by atoms with E-state index in [9.17, 15) is 18.0 Å². The normalized spacial score (nSPS) is 18.0. The van der Waals surface area contributed by atoms with Crippen LogP contribution in [-0.4, -0.2) is 63.3 Å². The molecule has 8 nitrogen and oxygen atoms in total. The molecular formula is C23H22F3N7OS. The van der Waals surface area contributed by atoms with Crippen molar-refractivity contribution in [3.63, 3.8) is 0 Å². The molecule has 0 N–H and O–H groups in total. The fourth-order valence-corrected chi connectivity index (χ4v) is 5.22. The largest absolute Gasteiger partial charge is 0.341 e. The van der Waals surface area contributed by atoms with Gasteiger partial charge in [-0.15, -0.1) is 11.3 Å². The fourth-order valence-electron chi connectivity index (χ4n) is 4.31. The number of anilines is 1. The molecule has 2 amide bonds. The van der Waals surface area contributed by atoms with Crippen LogP contribution in [0.1, 0.15) is 28.7 Å². The summed E-state index contributed by atoms with van der Waals surface area (Å²) in [6.07, 6.45) is 3.10. The number of urea groups is 1. The second kappa shape index (κ2) is 9.25. The number of piperazine rings is 1. The van der Waals surface area contributed by atoms with Crippen molar-refractivity contribution in [3.8, 4) is 10.6 Å². The molecule has 1 saturated heterocycles. The number of amides is 2. The minimum atomic E-state index is -0.699. The molecule has 1 fully saturated rings. The van der Waals surface area contributed by atoms with Crippen LogP contribution < -0.4 is 4.90 Å². The van der Waals surface area contributed by atoms with Crippen LogP contribution in [-0.2, 0) is 0 Å². The topological polar surface area (TPSA) is 77.8 Å². The van der Waals surface area contributed by atoms with Crippen molar-refractivity contribution in [2.75, 3.05) is 31.1 Å². The summed E-state index contributed by atoms with van der Waals surface area (Å²) in [5.41, 5.74) is 1.28. The SMILES string of the molecule is Cc1nc(C)c(-c2nc(N3CCN(C(=O)N4N=CCC4c4cc(F)cc(F)c4)CC3)ncc2F)s1. The van der Waals surface area contributed by atoms with Crippen molar-refractivity contribution in [2.45, 2.75) is 26.3 Å². The van der Waals surface area contributed by atoms with Crippen LogP contribution in [0.4, 0.5) is 23.9 Å². The third kappa shape index (κ3) is 4.57. The van der Waals surface area contributed by atoms with E-state index in [0.717, 1.165) is 17.3 Å². The van der Waals surface area contributed by atoms with E-state index in [4.69, 9.17) is 0 Å². The van der Waals surface area contributed by atoms with E-state index in [0.29, 0.717) is 54.7 Å². The van der Waals surface area contributed by atoms with Crippen LogP contribution >= 0.6 is 11.3 Å². The molecule has 3 aromatic rings. The van der Waals surface area contributed by atoms with Crippen LogP contribution in [0, 0.1) is 31.3 Å². The fraction of sp³-hybridized carbons (Fsp3) is 0.348. The van der Waals surface area contributed by atoms with Gasteiger partial charge in [-0.3, -0.25) is 0 Å². The Labute approximate surface area is 203 Å². The zero-order valence-corrected chi connectivity index (χ0v) is 19.9. The Morgan fingerprint density at radius 3 is 2.40 bits per heavy atom. The van der Waals surface area contributed by atoms with Gasteiger partial charge in [0.1, 0.15) is 17.3 Å². The maximum absolute atomic E-state index is 14.5. The molecule has 35 heavy (non-hydrogen) atoms. The first-order valence-corrected chi connectivity index (χ1v) is 11.9. The number of carbonyl (C=O) groups excluding carboxylic acids is 1. The number of aromatic nitrogens is 3. The molecule has 1 unspecified atom stereocenters. The quantitative estimate of drug-likeness (QED) is 0.535. The maximum Gasteiger partial charge on any atom is 0.341 e. The molecule has 182 valence electrons. The monoisotopic (exact) mass is 501 g/mol. The number of rotatable bonds is 3. The van der Waals surface area contributed by atoms with Gasteiger partial charge in [0.2, 0.25) is 5.95 Å². The summed E-state index contributed by atoms with van der Waals surface area (Å²) in [5.74, 6) is -1.53. The van der Waals surface area contributed by atoms with Crippen molar-refractivity contribution in [1.29, 1.82) is 0 Å². The molecule has 0 bridgehead atoms. The lowest BCUT2D eigenvalue weighted by Gasteiger charge is -2.37. The van der Waals surface area contributed by atoms with E-state index in [1.54, 1.807) is 11.1 Å². The van der Waals surface area contributed by atoms with Gasteiger partial charge in [-0.2, -0.15) is 5.10 Å². The molecule has 0 aliphatic carbocycles. The number of hydrogen-bond acceptors (Lipinski definition) is 7. The molecular weight excluding hydrogens is 479 g/mol. The summed E-state index contributed by atoms with van der Waals surface area (Å²) in [4.78, 5) is 30.3. The van der Waals surface area contributed by atoms with Gasteiger partial charge < -0.3 is 9.80 Å². The van der Waals surface area contributed by atoms with Crippen molar-refractivity contribution in [1.82, 2.24) is 24.9 Å². The first-order chi connectivity index (χ1) is 16.8. The summed E-state index contributed by atoms with van der Waals surface area (Å²) in [7, 11) is 0. The number of nitrogens with zero attached hydrogens (tertiary/aromatic N) is 7. The second-order valence-electron chi connectivity index (χ2n) is 8.37. The number of halogens is 3. The minimum absolute atomic E-state index is 0.216. The number of carbonyl (C=O) groups is 1. The van der Waals surface area contributed by atoms with E-state index in [1.807, 2.05) is 18.7 Å². The van der Waals surface area contributed by atoms with Gasteiger partial charge in [-0.1, -0.05) is 0 Å².